The number of alkyl carbamates (subject to hydrolysis) is 1. The molecule has 22 N–H and O–H groups in total. The van der Waals surface area contributed by atoms with Gasteiger partial charge < -0.3 is 111 Å². The van der Waals surface area contributed by atoms with Gasteiger partial charge in [0.25, 0.3) is 0 Å². The van der Waals surface area contributed by atoms with E-state index in [1.54, 1.807) is 74.4 Å². The third-order valence-electron chi connectivity index (χ3n) is 16.1. The first-order valence-corrected chi connectivity index (χ1v) is 35.7. The van der Waals surface area contributed by atoms with Gasteiger partial charge >= 0.3 is 24.2 Å². The molecule has 2 aromatic rings. The minimum Gasteiger partial charge on any atom is -0.475 e. The number of primary amides is 1. The van der Waals surface area contributed by atoms with Gasteiger partial charge in [0, 0.05) is 22.5 Å². The van der Waals surface area contributed by atoms with Gasteiger partial charge in [0.05, 0.1) is 25.4 Å². The molecule has 0 aromatic heterocycles. The summed E-state index contributed by atoms with van der Waals surface area (Å²) >= 11 is 9.96. The number of rotatable bonds is 24. The van der Waals surface area contributed by atoms with Crippen molar-refractivity contribution in [1.29, 1.82) is 0 Å². The lowest BCUT2D eigenvalue weighted by atomic mass is 9.95. The van der Waals surface area contributed by atoms with Gasteiger partial charge in [0.2, 0.25) is 65.0 Å². The number of carbonyl (C=O) groups excluding carboxylic acids is 13. The number of halogens is 5. The van der Waals surface area contributed by atoms with Gasteiger partial charge in [-0.3, -0.25) is 57.7 Å². The Hall–Kier alpha value is -9.51. The number of nitrogens with zero attached hydrogens (tertiary/aromatic N) is 1. The van der Waals surface area contributed by atoms with Gasteiger partial charge in [-0.2, -0.15) is 13.2 Å². The van der Waals surface area contributed by atoms with Gasteiger partial charge in [-0.25, -0.2) is 14.4 Å². The molecule has 0 bridgehead atoms. The molecule has 41 heteroatoms. The number of aliphatic imine (C=N–C) groups is 1. The number of esters is 1. The first kappa shape index (κ1) is 95.6. The number of amides is 12. The molecule has 610 valence electrons. The van der Waals surface area contributed by atoms with Gasteiger partial charge in [-0.15, -0.1) is 0 Å². The fourth-order valence-electron chi connectivity index (χ4n) is 10.2. The van der Waals surface area contributed by atoms with E-state index in [1.165, 1.54) is 50.2 Å². The van der Waals surface area contributed by atoms with Crippen molar-refractivity contribution < 1.29 is 115 Å². The van der Waals surface area contributed by atoms with Crippen LogP contribution in [0.2, 0.25) is 5.02 Å². The molecule has 1 aliphatic heterocycles. The number of carbonyl (C=O) groups is 14. The Morgan fingerprint density at radius 1 is 0.697 bits per heavy atom. The molecule has 0 saturated carbocycles. The highest BCUT2D eigenvalue weighted by atomic mass is 79.9. The van der Waals surface area contributed by atoms with E-state index in [0.29, 0.717) is 10.0 Å². The topological polar surface area (TPSA) is 581 Å². The van der Waals surface area contributed by atoms with E-state index >= 15 is 14.4 Å². The second-order valence-corrected chi connectivity index (χ2v) is 29.1. The first-order chi connectivity index (χ1) is 50.5. The number of aliphatic hydroxyl groups is 4. The summed E-state index contributed by atoms with van der Waals surface area (Å²) in [5, 5.41) is 78.4. The van der Waals surface area contributed by atoms with E-state index in [0.717, 1.165) is 6.92 Å². The van der Waals surface area contributed by atoms with Gasteiger partial charge in [-0.1, -0.05) is 120 Å². The zero-order valence-electron chi connectivity index (χ0n) is 62.2. The Labute approximate surface area is 640 Å². The van der Waals surface area contributed by atoms with E-state index < -0.39 is 216 Å². The average Bonchev–Trinajstić information content (AvgIpc) is 0.812. The zero-order valence-corrected chi connectivity index (χ0v) is 64.6. The number of aliphatic carboxylic acids is 1. The van der Waals surface area contributed by atoms with Gasteiger partial charge in [0.15, 0.2) is 24.2 Å². The molecule has 2 unspecified atom stereocenters. The second-order valence-electron chi connectivity index (χ2n) is 27.8. The summed E-state index contributed by atoms with van der Waals surface area (Å²) in [5.41, 5.74) is 15.7. The van der Waals surface area contributed by atoms with Gasteiger partial charge in [-0.05, 0) is 106 Å². The van der Waals surface area contributed by atoms with E-state index in [4.69, 9.17) is 48.2 Å². The summed E-state index contributed by atoms with van der Waals surface area (Å²) in [7, 11) is 0. The molecule has 3 rings (SSSR count). The molecule has 36 nitrogen and oxygen atoms in total. The van der Waals surface area contributed by atoms with Crippen LogP contribution in [0.5, 0.6) is 0 Å². The molecule has 0 aliphatic carbocycles. The predicted octanol–water partition coefficient (Wildman–Crippen LogP) is -1.62. The van der Waals surface area contributed by atoms with Crippen LogP contribution in [-0.2, 0) is 78.2 Å². The molecule has 2 aromatic carbocycles. The van der Waals surface area contributed by atoms with E-state index in [-0.39, 0.29) is 61.6 Å². The van der Waals surface area contributed by atoms with Crippen molar-refractivity contribution in [1.82, 2.24) is 58.5 Å². The molecule has 109 heavy (non-hydrogen) atoms. The van der Waals surface area contributed by atoms with Gasteiger partial charge in [0.1, 0.15) is 60.0 Å². The number of hydrogen-bond acceptors (Lipinski definition) is 21. The molecule has 0 radical (unpaired) electrons. The first-order valence-electron chi connectivity index (χ1n) is 34.5. The number of guanidine groups is 1. The summed E-state index contributed by atoms with van der Waals surface area (Å²) < 4.78 is 43.8. The molecule has 15 atom stereocenters. The van der Waals surface area contributed by atoms with Crippen molar-refractivity contribution in [2.45, 2.75) is 218 Å². The number of aliphatic hydroxyl groups excluding tert-OH is 4. The van der Waals surface area contributed by atoms with E-state index in [2.05, 4.69) is 68.8 Å². The number of benzene rings is 2. The maximum Gasteiger partial charge on any atom is 0.490 e. The van der Waals surface area contributed by atoms with Crippen LogP contribution in [-0.4, -0.2) is 225 Å². The number of cyclic esters (lactones) is 1. The third-order valence-corrected chi connectivity index (χ3v) is 16.9. The van der Waals surface area contributed by atoms with Crippen LogP contribution >= 0.6 is 27.5 Å². The van der Waals surface area contributed by atoms with Crippen molar-refractivity contribution in [3.05, 3.63) is 69.2 Å². The highest BCUT2D eigenvalue weighted by molar-refractivity contribution is 9.10. The molecule has 12 amide bonds. The van der Waals surface area contributed by atoms with Crippen molar-refractivity contribution in [3.8, 4) is 0 Å². The monoisotopic (exact) mass is 1640 g/mol. The fourth-order valence-corrected chi connectivity index (χ4v) is 10.8. The minimum absolute atomic E-state index is 0.0209. The van der Waals surface area contributed by atoms with Crippen molar-refractivity contribution in [2.75, 3.05) is 19.7 Å². The number of ether oxygens (including phenoxy) is 2. The van der Waals surface area contributed by atoms with Crippen LogP contribution in [0.3, 0.4) is 0 Å². The van der Waals surface area contributed by atoms with E-state index in [9.17, 15) is 81.5 Å². The van der Waals surface area contributed by atoms with Crippen LogP contribution in [0.4, 0.5) is 18.0 Å². The number of alkyl halides is 3. The van der Waals surface area contributed by atoms with Crippen molar-refractivity contribution >= 4 is 117 Å². The minimum atomic E-state index is -5.08. The quantitative estimate of drug-likeness (QED) is 0.0243. The van der Waals surface area contributed by atoms with Crippen molar-refractivity contribution in [2.24, 2.45) is 45.9 Å². The fraction of sp³-hybridized carbons (Fsp3) is 0.603. The molecular weight excluding hydrogens is 1540 g/mol. The Morgan fingerprint density at radius 2 is 1.25 bits per heavy atom. The highest BCUT2D eigenvalue weighted by Crippen LogP contribution is 2.27. The lowest BCUT2D eigenvalue weighted by Crippen LogP contribution is -2.64. The zero-order chi connectivity index (χ0) is 83.3. The molecule has 1 aliphatic rings. The lowest BCUT2D eigenvalue weighted by molar-refractivity contribution is -0.192. The Morgan fingerprint density at radius 3 is 1.77 bits per heavy atom. The Bertz CT molecular complexity index is 3520. The molecule has 0 spiro atoms. The second kappa shape index (κ2) is 44.8. The summed E-state index contributed by atoms with van der Waals surface area (Å²) in [6.45, 7) is 16.1. The maximum atomic E-state index is 15.7. The summed E-state index contributed by atoms with van der Waals surface area (Å²) in [5.74, 6) is -20.9. The lowest BCUT2D eigenvalue weighted by Gasteiger charge is -2.34. The highest BCUT2D eigenvalue weighted by Gasteiger charge is 2.45. The Kier molecular flexibility index (Phi) is 39.3. The Balaban J connectivity index is 0.00000547. The number of carboxylic acid groups (broad SMARTS) is 1. The summed E-state index contributed by atoms with van der Waals surface area (Å²) in [6.07, 6.45) is -15.1. The van der Waals surface area contributed by atoms with Crippen LogP contribution in [0.25, 0.3) is 0 Å². The number of hydrogen-bond donors (Lipinski definition) is 19. The van der Waals surface area contributed by atoms with Crippen LogP contribution in [0, 0.1) is 23.7 Å². The number of nitrogens with one attached hydrogen (secondary N) is 11. The molecule has 1 saturated heterocycles. The molecule has 1 heterocycles. The molecule has 1 fully saturated rings. The van der Waals surface area contributed by atoms with Crippen LogP contribution < -0.4 is 75.7 Å². The summed E-state index contributed by atoms with van der Waals surface area (Å²) in [4.78, 5) is 199. The van der Waals surface area contributed by atoms with Crippen LogP contribution in [0.15, 0.2) is 58.0 Å². The normalized spacial score (nSPS) is 22.4. The third kappa shape index (κ3) is 33.1. The van der Waals surface area contributed by atoms with Crippen molar-refractivity contribution in [3.63, 3.8) is 0 Å². The SMILES string of the molecule is CC[C@H](C)C1NC(=O)[C@@H](CCCN=C(N)N)NC(=O)[C@H](CC(C)C)NC(=O)[C@H]([C@H](O)C(C)C)NC(=O)[C@@H](NC(=O)[C@H](CC(C)C)NC(=O)[C@@H](Cc2cc(Br)ccc2Cl)NC(=O)OC(C)(C)C)[C@@H](c2ccccc2)OC(=O)[C@H](CO)NC(=O)[C@H]([C@H](O)C(N)=O)NC(=O)CNC(=O)C([C@H](C)O)NC1=O.O=C(O)C(F)(F)F. The smallest absolute Gasteiger partial charge is 0.475 e. The summed E-state index contributed by atoms with van der Waals surface area (Å²) in [6, 6.07) is -7.21. The number of nitrogens with two attached hydrogens (primary N) is 3. The van der Waals surface area contributed by atoms with Crippen LogP contribution in [0.1, 0.15) is 132 Å². The largest absolute Gasteiger partial charge is 0.490 e. The molecular formula is C68H102BrClF3N15O21. The predicted molar refractivity (Wildman–Crippen MR) is 388 cm³/mol. The van der Waals surface area contributed by atoms with E-state index in [1.807, 2.05) is 10.6 Å². The maximum absolute atomic E-state index is 15.7. The standard InChI is InChI=1S/C66H101BrClN15O19.C2HF3O2/c1-13-33(8)45-59(95)81-46(34(9)85)58(94)73-28-44(86)79-48(51(88)53(69)89)61(97)77-43(29-84)63(99)101-52(35-18-15-14-16-19-35)49(83-57(93)41(25-31(4)5)75-56(92)42(78-65(100)102-66(10,11)12)27-36-26-37(67)21-22-38(36)68)62(98)82-47(50(87)32(6)7)60(96)76-40(24-30(2)3)55(91)74-39(54(90)80-45)20-17-23-72-64(70)71;3-2(4,5)1(6)7/h14-16,18-19,21-22,26,30-34,39-43,45-52,84-85,87-88H,13,17,20,23-25,27-29H2,1-12H3,(H2,69,89)(H,73,94)(H,74,91)(H,75,92)(H,76,96)(H,77,97)(H,78,100)(H,79,86)(H,80,90)(H,81,95)(H,82,98)(H,83,93)(H4,70,71,72);(H,6,7)/t33-,34-,39+,40-,41-,42+,43-,45?,46?,47-,48-,49-,50+,51-,52+;/m0./s1. The number of carboxylic acids is 1. The average molecular weight is 1640 g/mol.